The Hall–Kier alpha value is -2.93. The summed E-state index contributed by atoms with van der Waals surface area (Å²) in [5.41, 5.74) is 5.50. The molecule has 1 aromatic carbocycles. The number of hydrogen-bond donors (Lipinski definition) is 4. The molecule has 2 aromatic heterocycles. The van der Waals surface area contributed by atoms with Crippen molar-refractivity contribution in [3.63, 3.8) is 0 Å². The molecule has 1 aliphatic heterocycles. The van der Waals surface area contributed by atoms with Crippen LogP contribution in [0.25, 0.3) is 22.3 Å². The average molecular weight is 349 g/mol. The van der Waals surface area contributed by atoms with E-state index >= 15 is 0 Å². The van der Waals surface area contributed by atoms with E-state index in [4.69, 9.17) is 9.97 Å². The lowest BCUT2D eigenvalue weighted by Crippen LogP contribution is -2.22. The topological polar surface area (TPSA) is 103 Å². The van der Waals surface area contributed by atoms with Crippen molar-refractivity contribution >= 4 is 22.8 Å². The fraction of sp³-hybridized carbons (Fsp3) is 0.316. The Bertz CT molecular complexity index is 1040. The molecule has 1 saturated carbocycles. The lowest BCUT2D eigenvalue weighted by molar-refractivity contribution is 0.0942. The van der Waals surface area contributed by atoms with Crippen molar-refractivity contribution < 1.29 is 9.90 Å². The van der Waals surface area contributed by atoms with E-state index in [1.54, 1.807) is 0 Å². The SMILES string of the molecule is Cc1nc2cccc(-c3cc4c([nH]3)[C@H](CO)NC4=O)c2nc1NC1CC1. The first-order valence-corrected chi connectivity index (χ1v) is 8.83. The van der Waals surface area contributed by atoms with Gasteiger partial charge in [0.25, 0.3) is 5.91 Å². The zero-order valence-electron chi connectivity index (χ0n) is 14.3. The molecule has 1 fully saturated rings. The number of anilines is 1. The first-order valence-electron chi connectivity index (χ1n) is 8.83. The van der Waals surface area contributed by atoms with E-state index in [2.05, 4.69) is 15.6 Å². The average Bonchev–Trinajstić information content (AvgIpc) is 3.25. The second-order valence-electron chi connectivity index (χ2n) is 6.97. The van der Waals surface area contributed by atoms with Gasteiger partial charge in [-0.3, -0.25) is 4.79 Å². The molecule has 1 aliphatic carbocycles. The van der Waals surface area contributed by atoms with Crippen molar-refractivity contribution in [1.82, 2.24) is 20.3 Å². The number of carbonyl (C=O) groups excluding carboxylic acids is 1. The molecule has 26 heavy (non-hydrogen) atoms. The van der Waals surface area contributed by atoms with Crippen molar-refractivity contribution in [2.75, 3.05) is 11.9 Å². The van der Waals surface area contributed by atoms with E-state index in [1.165, 1.54) is 12.8 Å². The highest BCUT2D eigenvalue weighted by atomic mass is 16.3. The van der Waals surface area contributed by atoms with Crippen molar-refractivity contribution in [3.05, 3.63) is 41.2 Å². The van der Waals surface area contributed by atoms with Gasteiger partial charge in [0, 0.05) is 17.3 Å². The Morgan fingerprint density at radius 1 is 1.27 bits per heavy atom. The number of aryl methyl sites for hydroxylation is 1. The zero-order chi connectivity index (χ0) is 17.8. The van der Waals surface area contributed by atoms with Crippen LogP contribution in [-0.2, 0) is 0 Å². The summed E-state index contributed by atoms with van der Waals surface area (Å²) in [6.45, 7) is 1.83. The number of benzene rings is 1. The Labute approximate surface area is 149 Å². The van der Waals surface area contributed by atoms with Crippen LogP contribution in [0.4, 0.5) is 5.82 Å². The number of aliphatic hydroxyl groups is 1. The molecule has 5 rings (SSSR count). The molecule has 0 bridgehead atoms. The minimum absolute atomic E-state index is 0.136. The molecule has 132 valence electrons. The van der Waals surface area contributed by atoms with Gasteiger partial charge in [-0.25, -0.2) is 9.97 Å². The van der Waals surface area contributed by atoms with Gasteiger partial charge in [0.2, 0.25) is 0 Å². The first-order chi connectivity index (χ1) is 12.6. The van der Waals surface area contributed by atoms with E-state index in [0.717, 1.165) is 39.5 Å². The molecule has 1 amide bonds. The number of rotatable bonds is 4. The van der Waals surface area contributed by atoms with Crippen molar-refractivity contribution in [3.8, 4) is 11.3 Å². The van der Waals surface area contributed by atoms with E-state index in [0.29, 0.717) is 11.6 Å². The van der Waals surface area contributed by atoms with Crippen LogP contribution in [0.5, 0.6) is 0 Å². The zero-order valence-corrected chi connectivity index (χ0v) is 14.3. The third-order valence-electron chi connectivity index (χ3n) is 5.01. The Morgan fingerprint density at radius 3 is 2.88 bits per heavy atom. The Balaban J connectivity index is 1.65. The van der Waals surface area contributed by atoms with E-state index < -0.39 is 0 Å². The number of aromatic nitrogens is 3. The highest BCUT2D eigenvalue weighted by Gasteiger charge is 2.31. The summed E-state index contributed by atoms with van der Waals surface area (Å²) in [4.78, 5) is 24.9. The monoisotopic (exact) mass is 349 g/mol. The molecule has 0 spiro atoms. The molecular weight excluding hydrogens is 330 g/mol. The molecule has 2 aliphatic rings. The summed E-state index contributed by atoms with van der Waals surface area (Å²) in [5.74, 6) is 0.650. The van der Waals surface area contributed by atoms with Crippen LogP contribution in [0.15, 0.2) is 24.3 Å². The smallest absolute Gasteiger partial charge is 0.253 e. The second-order valence-corrected chi connectivity index (χ2v) is 6.97. The lowest BCUT2D eigenvalue weighted by Gasteiger charge is -2.11. The number of hydrogen-bond acceptors (Lipinski definition) is 5. The van der Waals surface area contributed by atoms with E-state index in [-0.39, 0.29) is 18.6 Å². The van der Waals surface area contributed by atoms with Crippen molar-refractivity contribution in [1.29, 1.82) is 0 Å². The Morgan fingerprint density at radius 2 is 2.12 bits per heavy atom. The number of para-hydroxylation sites is 1. The Kier molecular flexibility index (Phi) is 3.27. The first kappa shape index (κ1) is 15.3. The quantitative estimate of drug-likeness (QED) is 0.579. The number of H-pyrrole nitrogens is 1. The minimum Gasteiger partial charge on any atom is -0.394 e. The van der Waals surface area contributed by atoms with Gasteiger partial charge < -0.3 is 20.7 Å². The standard InChI is InChI=1S/C19H19N5O2/c1-9-18(21-10-5-6-10)24-16-11(3-2-4-13(16)20-9)14-7-12-17(22-14)15(8-25)23-19(12)26/h2-4,7,10,15,22,25H,5-6,8H2,1H3,(H,21,24)(H,23,26)/t15-/m0/s1. The predicted octanol–water partition coefficient (Wildman–Crippen LogP) is 2.28. The van der Waals surface area contributed by atoms with E-state index in [1.807, 2.05) is 31.2 Å². The molecule has 4 N–H and O–H groups in total. The highest BCUT2D eigenvalue weighted by molar-refractivity contribution is 6.01. The summed E-state index contributed by atoms with van der Waals surface area (Å²) in [6, 6.07) is 7.79. The summed E-state index contributed by atoms with van der Waals surface area (Å²) in [6.07, 6.45) is 2.34. The van der Waals surface area contributed by atoms with Gasteiger partial charge in [0.05, 0.1) is 35.1 Å². The lowest BCUT2D eigenvalue weighted by atomic mass is 10.1. The fourth-order valence-electron chi connectivity index (χ4n) is 3.46. The van der Waals surface area contributed by atoms with Gasteiger partial charge in [-0.2, -0.15) is 0 Å². The fourth-order valence-corrected chi connectivity index (χ4v) is 3.46. The number of aliphatic hydroxyl groups excluding tert-OH is 1. The number of carbonyl (C=O) groups is 1. The van der Waals surface area contributed by atoms with Gasteiger partial charge >= 0.3 is 0 Å². The number of nitrogens with one attached hydrogen (secondary N) is 3. The summed E-state index contributed by atoms with van der Waals surface area (Å²) in [7, 11) is 0. The maximum atomic E-state index is 12.1. The highest BCUT2D eigenvalue weighted by Crippen LogP contribution is 2.34. The summed E-state index contributed by atoms with van der Waals surface area (Å²) < 4.78 is 0. The molecule has 3 aromatic rings. The summed E-state index contributed by atoms with van der Waals surface area (Å²) in [5, 5.41) is 15.7. The second kappa shape index (κ2) is 5.54. The van der Waals surface area contributed by atoms with Crippen LogP contribution < -0.4 is 10.6 Å². The maximum absolute atomic E-state index is 12.1. The minimum atomic E-state index is -0.387. The molecule has 1 atom stereocenters. The third-order valence-corrected chi connectivity index (χ3v) is 5.01. The molecule has 7 nitrogen and oxygen atoms in total. The van der Waals surface area contributed by atoms with Crippen LogP contribution >= 0.6 is 0 Å². The molecule has 0 saturated heterocycles. The molecular formula is C19H19N5O2. The van der Waals surface area contributed by atoms with E-state index in [9.17, 15) is 9.90 Å². The maximum Gasteiger partial charge on any atom is 0.253 e. The number of aromatic amines is 1. The van der Waals surface area contributed by atoms with Crippen molar-refractivity contribution in [2.45, 2.75) is 31.8 Å². The van der Waals surface area contributed by atoms with Crippen LogP contribution in [-0.4, -0.2) is 38.6 Å². The number of amides is 1. The van der Waals surface area contributed by atoms with Gasteiger partial charge in [-0.1, -0.05) is 12.1 Å². The van der Waals surface area contributed by atoms with Gasteiger partial charge in [0.1, 0.15) is 11.3 Å². The van der Waals surface area contributed by atoms with Crippen LogP contribution in [0.1, 0.15) is 40.6 Å². The predicted molar refractivity (Wildman–Crippen MR) is 98.0 cm³/mol. The van der Waals surface area contributed by atoms with Crippen LogP contribution in [0, 0.1) is 6.92 Å². The molecule has 0 radical (unpaired) electrons. The molecule has 3 heterocycles. The van der Waals surface area contributed by atoms with Crippen LogP contribution in [0.3, 0.4) is 0 Å². The van der Waals surface area contributed by atoms with Gasteiger partial charge in [-0.05, 0) is 31.9 Å². The number of nitrogens with zero attached hydrogens (tertiary/aromatic N) is 2. The largest absolute Gasteiger partial charge is 0.394 e. The normalized spacial score (nSPS) is 18.8. The summed E-state index contributed by atoms with van der Waals surface area (Å²) >= 11 is 0. The van der Waals surface area contributed by atoms with Crippen molar-refractivity contribution in [2.24, 2.45) is 0 Å². The molecule has 7 heteroatoms. The third kappa shape index (κ3) is 2.35. The van der Waals surface area contributed by atoms with Crippen LogP contribution in [0.2, 0.25) is 0 Å². The van der Waals surface area contributed by atoms with Gasteiger partial charge in [0.15, 0.2) is 0 Å². The molecule has 0 unspecified atom stereocenters. The number of fused-ring (bicyclic) bond motifs is 2. The van der Waals surface area contributed by atoms with Gasteiger partial charge in [-0.15, -0.1) is 0 Å².